The maximum absolute atomic E-state index is 12.6. The number of aliphatic carboxylic acids is 1. The van der Waals surface area contributed by atoms with Crippen molar-refractivity contribution < 1.29 is 23.8 Å². The first kappa shape index (κ1) is 11.2. The van der Waals surface area contributed by atoms with Gasteiger partial charge in [-0.1, -0.05) is 6.07 Å². The number of carbonyl (C=O) groups excluding carboxylic acids is 1. The van der Waals surface area contributed by atoms with Crippen molar-refractivity contribution in [1.82, 2.24) is 0 Å². The Morgan fingerprint density at radius 2 is 2.13 bits per heavy atom. The van der Waals surface area contributed by atoms with Gasteiger partial charge in [0.2, 0.25) is 5.78 Å². The second-order valence-corrected chi connectivity index (χ2v) is 2.78. The average Bonchev–Trinajstić information content (AvgIpc) is 2.17. The van der Waals surface area contributed by atoms with Crippen LogP contribution in [0, 0.1) is 5.82 Å². The van der Waals surface area contributed by atoms with Gasteiger partial charge in [-0.2, -0.15) is 0 Å². The van der Waals surface area contributed by atoms with Crippen LogP contribution in [-0.2, 0) is 9.59 Å². The average molecular weight is 212 g/mol. The maximum Gasteiger partial charge on any atom is 0.372 e. The molecule has 5 heteroatoms. The van der Waals surface area contributed by atoms with Crippen LogP contribution in [0.4, 0.5) is 4.39 Å². The zero-order valence-electron chi connectivity index (χ0n) is 7.77. The van der Waals surface area contributed by atoms with Crippen LogP contribution in [0.5, 0.6) is 5.75 Å². The summed E-state index contributed by atoms with van der Waals surface area (Å²) >= 11 is 0. The molecule has 0 aromatic heterocycles. The number of benzene rings is 1. The van der Waals surface area contributed by atoms with Gasteiger partial charge in [0.05, 0.1) is 13.0 Å². The fourth-order valence-electron chi connectivity index (χ4n) is 0.925. The molecule has 0 aliphatic heterocycles. The van der Waals surface area contributed by atoms with E-state index >= 15 is 0 Å². The molecule has 0 unspecified atom stereocenters. The Hall–Kier alpha value is -1.91. The van der Waals surface area contributed by atoms with Gasteiger partial charge < -0.3 is 9.84 Å². The Bertz CT molecular complexity index is 375. The minimum Gasteiger partial charge on any atom is -0.493 e. The SMILES string of the molecule is O=C(O)C(=O)CCOc1cccc(F)c1. The number of carboxylic acids is 1. The summed E-state index contributed by atoms with van der Waals surface area (Å²) in [4.78, 5) is 20.8. The van der Waals surface area contributed by atoms with Crippen molar-refractivity contribution in [3.63, 3.8) is 0 Å². The fraction of sp³-hybridized carbons (Fsp3) is 0.200. The Kier molecular flexibility index (Phi) is 3.79. The first-order chi connectivity index (χ1) is 7.09. The van der Waals surface area contributed by atoms with Gasteiger partial charge in [0.25, 0.3) is 0 Å². The van der Waals surface area contributed by atoms with E-state index in [1.807, 2.05) is 0 Å². The Morgan fingerprint density at radius 3 is 2.73 bits per heavy atom. The van der Waals surface area contributed by atoms with Gasteiger partial charge >= 0.3 is 5.97 Å². The molecule has 0 amide bonds. The van der Waals surface area contributed by atoms with Crippen molar-refractivity contribution in [1.29, 1.82) is 0 Å². The van der Waals surface area contributed by atoms with Gasteiger partial charge in [-0.3, -0.25) is 4.79 Å². The van der Waals surface area contributed by atoms with E-state index in [9.17, 15) is 14.0 Å². The summed E-state index contributed by atoms with van der Waals surface area (Å²) in [5, 5.41) is 8.26. The van der Waals surface area contributed by atoms with Crippen LogP contribution in [0.1, 0.15) is 6.42 Å². The second kappa shape index (κ2) is 5.09. The van der Waals surface area contributed by atoms with Gasteiger partial charge in [-0.15, -0.1) is 0 Å². The normalized spacial score (nSPS) is 9.67. The van der Waals surface area contributed by atoms with Gasteiger partial charge in [0.1, 0.15) is 11.6 Å². The summed E-state index contributed by atoms with van der Waals surface area (Å²) < 4.78 is 17.6. The predicted molar refractivity (Wildman–Crippen MR) is 49.2 cm³/mol. The predicted octanol–water partition coefficient (Wildman–Crippen LogP) is 1.25. The van der Waals surface area contributed by atoms with Crippen LogP contribution in [-0.4, -0.2) is 23.5 Å². The Labute approximate surface area is 85.3 Å². The molecule has 1 N–H and O–H groups in total. The van der Waals surface area contributed by atoms with E-state index in [1.165, 1.54) is 18.2 Å². The monoisotopic (exact) mass is 212 g/mol. The van der Waals surface area contributed by atoms with Crippen LogP contribution in [0.25, 0.3) is 0 Å². The molecule has 0 radical (unpaired) electrons. The quantitative estimate of drug-likeness (QED) is 0.746. The molecule has 1 aromatic rings. The molecule has 0 heterocycles. The summed E-state index contributed by atoms with van der Waals surface area (Å²) in [6.45, 7) is -0.0748. The molecule has 1 aromatic carbocycles. The highest BCUT2D eigenvalue weighted by Crippen LogP contribution is 2.11. The van der Waals surface area contributed by atoms with Gasteiger partial charge in [-0.25, -0.2) is 9.18 Å². The van der Waals surface area contributed by atoms with Crippen molar-refractivity contribution in [3.8, 4) is 5.75 Å². The summed E-state index contributed by atoms with van der Waals surface area (Å²) in [5.74, 6) is -2.59. The molecule has 0 atom stereocenters. The van der Waals surface area contributed by atoms with Crippen LogP contribution in [0.15, 0.2) is 24.3 Å². The highest BCUT2D eigenvalue weighted by Gasteiger charge is 2.10. The summed E-state index contributed by atoms with van der Waals surface area (Å²) in [6.07, 6.45) is -0.230. The zero-order chi connectivity index (χ0) is 11.3. The third-order valence-electron chi connectivity index (χ3n) is 1.63. The molecule has 0 saturated heterocycles. The molecule has 0 aliphatic rings. The number of rotatable bonds is 5. The molecular formula is C10H9FO4. The first-order valence-corrected chi connectivity index (χ1v) is 4.24. The zero-order valence-corrected chi connectivity index (χ0v) is 7.77. The minimum atomic E-state index is -1.49. The van der Waals surface area contributed by atoms with E-state index in [1.54, 1.807) is 0 Å². The number of carbonyl (C=O) groups is 2. The standard InChI is InChI=1S/C10H9FO4/c11-7-2-1-3-8(6-7)15-5-4-9(12)10(13)14/h1-3,6H,4-5H2,(H,13,14). The van der Waals surface area contributed by atoms with Gasteiger partial charge in [0, 0.05) is 6.07 Å². The van der Waals surface area contributed by atoms with Crippen molar-refractivity contribution >= 4 is 11.8 Å². The third-order valence-corrected chi connectivity index (χ3v) is 1.63. The van der Waals surface area contributed by atoms with Gasteiger partial charge in [-0.05, 0) is 12.1 Å². The number of halogens is 1. The summed E-state index contributed by atoms with van der Waals surface area (Å²) in [7, 11) is 0. The van der Waals surface area contributed by atoms with E-state index < -0.39 is 17.6 Å². The third kappa shape index (κ3) is 3.76. The molecule has 0 bridgehead atoms. The number of Topliss-reactive ketones (excluding diaryl/α,β-unsaturated/α-hetero) is 1. The van der Waals surface area contributed by atoms with E-state index in [0.717, 1.165) is 6.07 Å². The lowest BCUT2D eigenvalue weighted by Crippen LogP contribution is -2.15. The van der Waals surface area contributed by atoms with E-state index in [-0.39, 0.29) is 18.8 Å². The van der Waals surface area contributed by atoms with Crippen LogP contribution in [0.2, 0.25) is 0 Å². The highest BCUT2D eigenvalue weighted by molar-refractivity contribution is 6.32. The van der Waals surface area contributed by atoms with Crippen LogP contribution >= 0.6 is 0 Å². The molecule has 1 rings (SSSR count). The molecule has 0 saturated carbocycles. The Balaban J connectivity index is 2.38. The molecule has 15 heavy (non-hydrogen) atoms. The van der Waals surface area contributed by atoms with Crippen molar-refractivity contribution in [2.75, 3.05) is 6.61 Å². The number of ketones is 1. The van der Waals surface area contributed by atoms with Gasteiger partial charge in [0.15, 0.2) is 0 Å². The Morgan fingerprint density at radius 1 is 1.40 bits per heavy atom. The topological polar surface area (TPSA) is 63.6 Å². The molecule has 0 fully saturated rings. The number of ether oxygens (including phenoxy) is 1. The molecular weight excluding hydrogens is 203 g/mol. The smallest absolute Gasteiger partial charge is 0.372 e. The van der Waals surface area contributed by atoms with Crippen molar-refractivity contribution in [2.24, 2.45) is 0 Å². The first-order valence-electron chi connectivity index (χ1n) is 4.24. The lowest BCUT2D eigenvalue weighted by Gasteiger charge is -2.03. The van der Waals surface area contributed by atoms with Crippen molar-refractivity contribution in [3.05, 3.63) is 30.1 Å². The minimum absolute atomic E-state index is 0.0748. The lowest BCUT2D eigenvalue weighted by atomic mass is 10.3. The number of carboxylic acid groups (broad SMARTS) is 1. The van der Waals surface area contributed by atoms with E-state index in [2.05, 4.69) is 0 Å². The van der Waals surface area contributed by atoms with E-state index in [4.69, 9.17) is 9.84 Å². The highest BCUT2D eigenvalue weighted by atomic mass is 19.1. The second-order valence-electron chi connectivity index (χ2n) is 2.78. The summed E-state index contributed by atoms with van der Waals surface area (Å²) in [5.41, 5.74) is 0. The van der Waals surface area contributed by atoms with Crippen LogP contribution < -0.4 is 4.74 Å². The molecule has 0 spiro atoms. The van der Waals surface area contributed by atoms with Crippen molar-refractivity contribution in [2.45, 2.75) is 6.42 Å². The number of hydrogen-bond acceptors (Lipinski definition) is 3. The maximum atomic E-state index is 12.6. The molecule has 0 aliphatic carbocycles. The van der Waals surface area contributed by atoms with Crippen LogP contribution in [0.3, 0.4) is 0 Å². The lowest BCUT2D eigenvalue weighted by molar-refractivity contribution is -0.149. The molecule has 80 valence electrons. The largest absolute Gasteiger partial charge is 0.493 e. The molecule has 4 nitrogen and oxygen atoms in total. The fourth-order valence-corrected chi connectivity index (χ4v) is 0.925. The van der Waals surface area contributed by atoms with E-state index in [0.29, 0.717) is 0 Å². The number of hydrogen-bond donors (Lipinski definition) is 1. The summed E-state index contributed by atoms with van der Waals surface area (Å²) in [6, 6.07) is 5.40.